The molecule has 0 N–H and O–H groups in total. The first-order valence-electron chi connectivity index (χ1n) is 4.99. The summed E-state index contributed by atoms with van der Waals surface area (Å²) in [5.74, 6) is 0. The maximum absolute atomic E-state index is 12.3. The fourth-order valence-electron chi connectivity index (χ4n) is 1.54. The van der Waals surface area contributed by atoms with E-state index in [4.69, 9.17) is 0 Å². The van der Waals surface area contributed by atoms with Crippen molar-refractivity contribution in [3.05, 3.63) is 24.3 Å². The van der Waals surface area contributed by atoms with Crippen LogP contribution in [0.2, 0.25) is 0 Å². The number of alkyl halides is 3. The molecule has 1 aliphatic rings. The largest absolute Gasteiger partial charge is 0.501 e. The summed E-state index contributed by atoms with van der Waals surface area (Å²) >= 11 is 0. The average molecular weight is 265 g/mol. The van der Waals surface area contributed by atoms with Crippen LogP contribution in [0.25, 0.3) is 0 Å². The molecule has 1 aliphatic heterocycles. The van der Waals surface area contributed by atoms with Gasteiger partial charge >= 0.3 is 5.51 Å². The Morgan fingerprint density at radius 2 is 1.59 bits per heavy atom. The molecular weight excluding hydrogens is 255 g/mol. The number of hydrogen-bond donors (Lipinski definition) is 0. The smallest absolute Gasteiger partial charge is 0.371 e. The van der Waals surface area contributed by atoms with Crippen LogP contribution in [0, 0.1) is 0 Å². The van der Waals surface area contributed by atoms with Crippen molar-refractivity contribution in [3.8, 4) is 0 Å². The van der Waals surface area contributed by atoms with E-state index in [-0.39, 0.29) is 0 Å². The molecule has 7 heteroatoms. The second-order valence-corrected chi connectivity index (χ2v) is 5.72. The molecule has 0 amide bonds. The lowest BCUT2D eigenvalue weighted by molar-refractivity contribution is -0.0436. The van der Waals surface area contributed by atoms with Crippen molar-refractivity contribution in [2.24, 2.45) is 0 Å². The molecule has 1 saturated heterocycles. The first-order chi connectivity index (χ1) is 7.82. The van der Waals surface area contributed by atoms with E-state index in [1.165, 1.54) is 12.1 Å². The van der Waals surface area contributed by atoms with Gasteiger partial charge in [-0.25, -0.2) is 8.42 Å². The molecule has 1 aromatic carbocycles. The third kappa shape index (κ3) is 2.11. The molecule has 1 aromatic rings. The molecule has 0 spiro atoms. The van der Waals surface area contributed by atoms with Crippen LogP contribution in [0.3, 0.4) is 0 Å². The van der Waals surface area contributed by atoms with Crippen molar-refractivity contribution < 1.29 is 21.6 Å². The molecule has 0 unspecified atom stereocenters. The van der Waals surface area contributed by atoms with Crippen molar-refractivity contribution >= 4 is 15.5 Å². The van der Waals surface area contributed by atoms with E-state index in [9.17, 15) is 21.6 Å². The Kier molecular flexibility index (Phi) is 2.81. The van der Waals surface area contributed by atoms with E-state index in [0.717, 1.165) is 37.3 Å². The van der Waals surface area contributed by atoms with Crippen LogP contribution in [0.5, 0.6) is 0 Å². The highest BCUT2D eigenvalue weighted by Crippen LogP contribution is 2.31. The number of sulfone groups is 1. The molecule has 3 nitrogen and oxygen atoms in total. The van der Waals surface area contributed by atoms with Crippen LogP contribution in [-0.2, 0) is 9.84 Å². The van der Waals surface area contributed by atoms with E-state index in [0.29, 0.717) is 0 Å². The molecular formula is C10H10F3NO2S. The summed E-state index contributed by atoms with van der Waals surface area (Å²) in [6, 6.07) is 4.79. The van der Waals surface area contributed by atoms with Gasteiger partial charge in [0.1, 0.15) is 0 Å². The number of anilines is 1. The number of hydrogen-bond acceptors (Lipinski definition) is 3. The average Bonchev–Trinajstić information content (AvgIpc) is 2.14. The number of nitrogens with zero attached hydrogens (tertiary/aromatic N) is 1. The zero-order valence-electron chi connectivity index (χ0n) is 8.74. The van der Waals surface area contributed by atoms with E-state index in [1.807, 2.05) is 4.90 Å². The number of rotatable bonds is 2. The highest BCUT2D eigenvalue weighted by atomic mass is 32.2. The quantitative estimate of drug-likeness (QED) is 0.822. The maximum atomic E-state index is 12.3. The standard InChI is InChI=1S/C10H10F3NO2S/c11-10(12,13)17(15,16)9-4-2-8(3-5-9)14-6-1-7-14/h2-5H,1,6-7H2. The van der Waals surface area contributed by atoms with E-state index < -0.39 is 20.2 Å². The molecule has 0 bridgehead atoms. The molecule has 0 aliphatic carbocycles. The van der Waals surface area contributed by atoms with Crippen molar-refractivity contribution in [2.45, 2.75) is 16.8 Å². The van der Waals surface area contributed by atoms with Gasteiger partial charge in [-0.15, -0.1) is 0 Å². The Bertz CT molecular complexity index is 503. The molecule has 1 heterocycles. The lowest BCUT2D eigenvalue weighted by Gasteiger charge is -2.33. The maximum Gasteiger partial charge on any atom is 0.501 e. The lowest BCUT2D eigenvalue weighted by atomic mass is 10.2. The summed E-state index contributed by atoms with van der Waals surface area (Å²) in [4.78, 5) is 1.25. The Hall–Kier alpha value is -1.24. The summed E-state index contributed by atoms with van der Waals surface area (Å²) in [6.45, 7) is 1.71. The topological polar surface area (TPSA) is 37.4 Å². The molecule has 0 aromatic heterocycles. The first-order valence-corrected chi connectivity index (χ1v) is 6.47. The van der Waals surface area contributed by atoms with Gasteiger partial charge in [0.25, 0.3) is 9.84 Å². The number of benzene rings is 1. The van der Waals surface area contributed by atoms with E-state index in [2.05, 4.69) is 0 Å². The van der Waals surface area contributed by atoms with Crippen LogP contribution in [-0.4, -0.2) is 27.0 Å². The molecule has 94 valence electrons. The second kappa shape index (κ2) is 3.90. The van der Waals surface area contributed by atoms with Crippen molar-refractivity contribution in [3.63, 3.8) is 0 Å². The highest BCUT2D eigenvalue weighted by molar-refractivity contribution is 7.92. The minimum Gasteiger partial charge on any atom is -0.371 e. The van der Waals surface area contributed by atoms with Gasteiger partial charge in [0.15, 0.2) is 0 Å². The Balaban J connectivity index is 2.29. The summed E-state index contributed by atoms with van der Waals surface area (Å²) in [7, 11) is -5.23. The van der Waals surface area contributed by atoms with Gasteiger partial charge in [-0.2, -0.15) is 13.2 Å². The zero-order valence-corrected chi connectivity index (χ0v) is 9.55. The third-order valence-corrected chi connectivity index (χ3v) is 4.18. The van der Waals surface area contributed by atoms with Crippen molar-refractivity contribution in [1.29, 1.82) is 0 Å². The molecule has 17 heavy (non-hydrogen) atoms. The van der Waals surface area contributed by atoms with Crippen LogP contribution in [0.4, 0.5) is 18.9 Å². The fourth-order valence-corrected chi connectivity index (χ4v) is 2.31. The minimum absolute atomic E-state index is 0.714. The predicted molar refractivity (Wildman–Crippen MR) is 56.5 cm³/mol. The Morgan fingerprint density at radius 3 is 1.94 bits per heavy atom. The third-order valence-electron chi connectivity index (χ3n) is 2.67. The fraction of sp³-hybridized carbons (Fsp3) is 0.400. The Labute approximate surface area is 96.8 Å². The van der Waals surface area contributed by atoms with Crippen LogP contribution < -0.4 is 4.90 Å². The molecule has 0 atom stereocenters. The summed E-state index contributed by atoms with van der Waals surface area (Å²) in [6.07, 6.45) is 1.04. The van der Waals surface area contributed by atoms with Gasteiger partial charge in [0.05, 0.1) is 4.90 Å². The normalized spacial score (nSPS) is 16.8. The second-order valence-electron chi connectivity index (χ2n) is 3.78. The van der Waals surface area contributed by atoms with Crippen LogP contribution in [0.15, 0.2) is 29.2 Å². The highest BCUT2D eigenvalue weighted by Gasteiger charge is 2.46. The SMILES string of the molecule is O=S(=O)(c1ccc(N2CCC2)cc1)C(F)(F)F. The Morgan fingerprint density at radius 1 is 1.06 bits per heavy atom. The van der Waals surface area contributed by atoms with Gasteiger partial charge in [-0.05, 0) is 30.7 Å². The molecule has 0 saturated carbocycles. The predicted octanol–water partition coefficient (Wildman–Crippen LogP) is 2.19. The minimum atomic E-state index is -5.24. The zero-order chi connectivity index (χ0) is 12.7. The molecule has 1 fully saturated rings. The van der Waals surface area contributed by atoms with Gasteiger partial charge in [0, 0.05) is 18.8 Å². The van der Waals surface area contributed by atoms with Gasteiger partial charge in [-0.3, -0.25) is 0 Å². The molecule has 0 radical (unpaired) electrons. The summed E-state index contributed by atoms with van der Waals surface area (Å²) in [5, 5.41) is 0. The van der Waals surface area contributed by atoms with Crippen LogP contribution in [0.1, 0.15) is 6.42 Å². The van der Waals surface area contributed by atoms with E-state index >= 15 is 0 Å². The van der Waals surface area contributed by atoms with Crippen molar-refractivity contribution in [2.75, 3.05) is 18.0 Å². The lowest BCUT2D eigenvalue weighted by Crippen LogP contribution is -2.36. The van der Waals surface area contributed by atoms with Gasteiger partial charge in [-0.1, -0.05) is 0 Å². The summed E-state index contributed by atoms with van der Waals surface area (Å²) in [5.41, 5.74) is -4.50. The van der Waals surface area contributed by atoms with Gasteiger partial charge < -0.3 is 4.90 Å². The summed E-state index contributed by atoms with van der Waals surface area (Å²) < 4.78 is 58.9. The first kappa shape index (κ1) is 12.2. The van der Waals surface area contributed by atoms with Gasteiger partial charge in [0.2, 0.25) is 0 Å². The van der Waals surface area contributed by atoms with Crippen LogP contribution >= 0.6 is 0 Å². The monoisotopic (exact) mass is 265 g/mol. The number of halogens is 3. The van der Waals surface area contributed by atoms with Crippen molar-refractivity contribution in [1.82, 2.24) is 0 Å². The van der Waals surface area contributed by atoms with E-state index in [1.54, 1.807) is 0 Å². The molecule has 2 rings (SSSR count).